The van der Waals surface area contributed by atoms with E-state index in [4.69, 9.17) is 9.47 Å². The molecular weight excluding hydrogens is 482 g/mol. The third-order valence-electron chi connectivity index (χ3n) is 5.89. The summed E-state index contributed by atoms with van der Waals surface area (Å²) in [5, 5.41) is 2.30. The Morgan fingerprint density at radius 3 is 2.58 bits per heavy atom. The lowest BCUT2D eigenvalue weighted by atomic mass is 10.1. The van der Waals surface area contributed by atoms with Crippen molar-refractivity contribution in [2.24, 2.45) is 0 Å². The van der Waals surface area contributed by atoms with Crippen molar-refractivity contribution < 1.29 is 28.7 Å². The summed E-state index contributed by atoms with van der Waals surface area (Å²) in [7, 11) is 0. The molecular formula is C26H27N3O6S. The van der Waals surface area contributed by atoms with E-state index < -0.39 is 11.1 Å². The second kappa shape index (κ2) is 11.4. The van der Waals surface area contributed by atoms with Crippen LogP contribution in [0.15, 0.2) is 47.4 Å². The standard InChI is InChI=1S/C26H27N3O6S/c1-17-7-8-20(13-18(17)2)27-23(30)16-35-21-6-4-3-5-19(21)14-22-25(32)29(26(33)36-22)15-24(31)28-9-11-34-12-10-28/h3-8,13-14H,9-12,15-16H2,1-2H3,(H,27,30)/b22-14-. The molecule has 2 aliphatic rings. The summed E-state index contributed by atoms with van der Waals surface area (Å²) in [6, 6.07) is 12.6. The van der Waals surface area contributed by atoms with Crippen molar-refractivity contribution >= 4 is 46.5 Å². The molecule has 0 bridgehead atoms. The smallest absolute Gasteiger partial charge is 0.294 e. The summed E-state index contributed by atoms with van der Waals surface area (Å²) in [6.45, 7) is 5.18. The average Bonchev–Trinajstić information content (AvgIpc) is 3.13. The van der Waals surface area contributed by atoms with Crippen LogP contribution in [0.2, 0.25) is 0 Å². The molecule has 2 heterocycles. The highest BCUT2D eigenvalue weighted by Gasteiger charge is 2.37. The van der Waals surface area contributed by atoms with E-state index in [9.17, 15) is 19.2 Å². The molecule has 4 amide bonds. The molecule has 2 aromatic carbocycles. The number of para-hydroxylation sites is 1. The van der Waals surface area contributed by atoms with Crippen molar-refractivity contribution in [3.8, 4) is 5.75 Å². The Morgan fingerprint density at radius 1 is 1.08 bits per heavy atom. The third kappa shape index (κ3) is 6.13. The van der Waals surface area contributed by atoms with Crippen LogP contribution in [-0.4, -0.2) is 72.2 Å². The SMILES string of the molecule is Cc1ccc(NC(=O)COc2ccccc2/C=C2\SC(=O)N(CC(=O)N3CCOCC3)C2=O)cc1C. The molecule has 9 nitrogen and oxygen atoms in total. The van der Waals surface area contributed by atoms with Crippen molar-refractivity contribution in [3.05, 3.63) is 64.1 Å². The number of carbonyl (C=O) groups is 4. The minimum absolute atomic E-state index is 0.186. The molecule has 10 heteroatoms. The number of aryl methyl sites for hydroxylation is 2. The third-order valence-corrected chi connectivity index (χ3v) is 6.79. The number of imide groups is 1. The van der Waals surface area contributed by atoms with E-state index in [2.05, 4.69) is 5.32 Å². The molecule has 188 valence electrons. The number of benzene rings is 2. The van der Waals surface area contributed by atoms with E-state index in [1.54, 1.807) is 35.2 Å². The van der Waals surface area contributed by atoms with Gasteiger partial charge in [0.25, 0.3) is 17.1 Å². The van der Waals surface area contributed by atoms with E-state index >= 15 is 0 Å². The lowest BCUT2D eigenvalue weighted by Gasteiger charge is -2.28. The van der Waals surface area contributed by atoms with Crippen LogP contribution in [0.4, 0.5) is 10.5 Å². The Hall–Kier alpha value is -3.63. The molecule has 2 fully saturated rings. The lowest BCUT2D eigenvalue weighted by molar-refractivity contribution is -0.139. The van der Waals surface area contributed by atoms with Gasteiger partial charge in [-0.1, -0.05) is 24.3 Å². The van der Waals surface area contributed by atoms with Gasteiger partial charge in [-0.3, -0.25) is 24.1 Å². The first kappa shape index (κ1) is 25.5. The van der Waals surface area contributed by atoms with Gasteiger partial charge in [-0.05, 0) is 61.0 Å². The maximum absolute atomic E-state index is 12.9. The van der Waals surface area contributed by atoms with Crippen molar-refractivity contribution in [1.29, 1.82) is 0 Å². The number of rotatable bonds is 7. The summed E-state index contributed by atoms with van der Waals surface area (Å²) in [4.78, 5) is 53.0. The van der Waals surface area contributed by atoms with Crippen LogP contribution in [0.3, 0.4) is 0 Å². The number of nitrogens with one attached hydrogen (secondary N) is 1. The number of morpholine rings is 1. The van der Waals surface area contributed by atoms with Crippen molar-refractivity contribution in [1.82, 2.24) is 9.80 Å². The summed E-state index contributed by atoms with van der Waals surface area (Å²) < 4.78 is 11.0. The van der Waals surface area contributed by atoms with Crippen LogP contribution >= 0.6 is 11.8 Å². The number of carbonyl (C=O) groups excluding carboxylic acids is 4. The number of amides is 4. The van der Waals surface area contributed by atoms with Crippen molar-refractivity contribution in [2.45, 2.75) is 13.8 Å². The molecule has 0 radical (unpaired) electrons. The van der Waals surface area contributed by atoms with E-state index in [-0.39, 0.29) is 29.9 Å². The predicted molar refractivity (Wildman–Crippen MR) is 137 cm³/mol. The second-order valence-corrected chi connectivity index (χ2v) is 9.43. The van der Waals surface area contributed by atoms with Crippen LogP contribution in [0, 0.1) is 13.8 Å². The first-order valence-corrected chi connectivity index (χ1v) is 12.3. The topological polar surface area (TPSA) is 105 Å². The van der Waals surface area contributed by atoms with Gasteiger partial charge in [-0.25, -0.2) is 0 Å². The maximum atomic E-state index is 12.9. The van der Waals surface area contributed by atoms with Crippen LogP contribution in [0.1, 0.15) is 16.7 Å². The van der Waals surface area contributed by atoms with E-state index in [0.717, 1.165) is 27.8 Å². The van der Waals surface area contributed by atoms with Gasteiger partial charge in [0.15, 0.2) is 6.61 Å². The average molecular weight is 510 g/mol. The Balaban J connectivity index is 1.40. The minimum atomic E-state index is -0.533. The highest BCUT2D eigenvalue weighted by Crippen LogP contribution is 2.34. The monoisotopic (exact) mass is 509 g/mol. The fourth-order valence-electron chi connectivity index (χ4n) is 3.72. The second-order valence-electron chi connectivity index (χ2n) is 8.43. The molecule has 0 saturated carbocycles. The summed E-state index contributed by atoms with van der Waals surface area (Å²) in [6.07, 6.45) is 1.54. The Kier molecular flexibility index (Phi) is 8.07. The molecule has 2 aliphatic heterocycles. The quantitative estimate of drug-likeness (QED) is 0.572. The van der Waals surface area contributed by atoms with Gasteiger partial charge in [-0.2, -0.15) is 0 Å². The predicted octanol–water partition coefficient (Wildman–Crippen LogP) is 3.22. The first-order valence-electron chi connectivity index (χ1n) is 11.5. The van der Waals surface area contributed by atoms with Gasteiger partial charge in [0.1, 0.15) is 12.3 Å². The maximum Gasteiger partial charge on any atom is 0.294 e. The van der Waals surface area contributed by atoms with Gasteiger partial charge in [0, 0.05) is 24.3 Å². The van der Waals surface area contributed by atoms with Gasteiger partial charge < -0.3 is 19.7 Å². The van der Waals surface area contributed by atoms with Gasteiger partial charge in [0.2, 0.25) is 5.91 Å². The Labute approximate surface area is 213 Å². The normalized spacial score (nSPS) is 17.0. The summed E-state index contributed by atoms with van der Waals surface area (Å²) in [5.41, 5.74) is 3.43. The zero-order valence-corrected chi connectivity index (χ0v) is 20.9. The molecule has 0 spiro atoms. The Bertz CT molecular complexity index is 1220. The highest BCUT2D eigenvalue weighted by atomic mass is 32.2. The van der Waals surface area contributed by atoms with Gasteiger partial charge in [0.05, 0.1) is 18.1 Å². The van der Waals surface area contributed by atoms with Gasteiger partial charge in [-0.15, -0.1) is 0 Å². The number of hydrogen-bond donors (Lipinski definition) is 1. The number of nitrogens with zero attached hydrogens (tertiary/aromatic N) is 2. The lowest BCUT2D eigenvalue weighted by Crippen LogP contribution is -2.46. The summed E-state index contributed by atoms with van der Waals surface area (Å²) >= 11 is 0.771. The van der Waals surface area contributed by atoms with E-state index in [1.807, 2.05) is 32.0 Å². The molecule has 36 heavy (non-hydrogen) atoms. The fraction of sp³-hybridized carbons (Fsp3) is 0.308. The fourth-order valence-corrected chi connectivity index (χ4v) is 4.55. The summed E-state index contributed by atoms with van der Waals surface area (Å²) in [5.74, 6) is -0.756. The van der Waals surface area contributed by atoms with E-state index in [0.29, 0.717) is 43.3 Å². The van der Waals surface area contributed by atoms with Crippen molar-refractivity contribution in [3.63, 3.8) is 0 Å². The number of ether oxygens (including phenoxy) is 2. The molecule has 2 saturated heterocycles. The molecule has 0 aliphatic carbocycles. The molecule has 4 rings (SSSR count). The molecule has 1 N–H and O–H groups in total. The van der Waals surface area contributed by atoms with Crippen LogP contribution in [0.5, 0.6) is 5.75 Å². The number of anilines is 1. The zero-order valence-electron chi connectivity index (χ0n) is 20.1. The van der Waals surface area contributed by atoms with Crippen molar-refractivity contribution in [2.75, 3.05) is 44.8 Å². The van der Waals surface area contributed by atoms with Crippen LogP contribution in [0.25, 0.3) is 6.08 Å². The highest BCUT2D eigenvalue weighted by molar-refractivity contribution is 8.18. The molecule has 2 aromatic rings. The molecule has 0 unspecified atom stereocenters. The van der Waals surface area contributed by atoms with Crippen LogP contribution < -0.4 is 10.1 Å². The first-order chi connectivity index (χ1) is 17.3. The zero-order chi connectivity index (χ0) is 25.7. The Morgan fingerprint density at radius 2 is 1.83 bits per heavy atom. The van der Waals surface area contributed by atoms with Gasteiger partial charge >= 0.3 is 0 Å². The largest absolute Gasteiger partial charge is 0.483 e. The molecule has 0 aromatic heterocycles. The number of hydrogen-bond acceptors (Lipinski definition) is 7. The number of thioether (sulfide) groups is 1. The molecule has 0 atom stereocenters. The van der Waals surface area contributed by atoms with Crippen LogP contribution in [-0.2, 0) is 19.1 Å². The van der Waals surface area contributed by atoms with E-state index in [1.165, 1.54) is 0 Å². The minimum Gasteiger partial charge on any atom is -0.483 e.